The van der Waals surface area contributed by atoms with Crippen molar-refractivity contribution in [1.82, 2.24) is 9.55 Å². The Kier molecular flexibility index (Phi) is 3.31. The van der Waals surface area contributed by atoms with Crippen LogP contribution in [0.4, 0.5) is 4.39 Å². The van der Waals surface area contributed by atoms with Gasteiger partial charge in [-0.3, -0.25) is 14.3 Å². The van der Waals surface area contributed by atoms with E-state index in [1.807, 2.05) is 4.98 Å². The number of nitrogens with one attached hydrogen (secondary N) is 1. The summed E-state index contributed by atoms with van der Waals surface area (Å²) >= 11 is 0. The molecule has 0 unspecified atom stereocenters. The molecular weight excluding hydrogens is 263 g/mol. The number of H-pyrrole nitrogens is 1. The van der Waals surface area contributed by atoms with Crippen molar-refractivity contribution in [3.8, 4) is 0 Å². The Morgan fingerprint density at radius 3 is 2.74 bits per heavy atom. The molecule has 1 aromatic heterocycles. The zero-order valence-corrected chi connectivity index (χ0v) is 9.91. The first-order valence-electron chi connectivity index (χ1n) is 5.46. The number of aromatic amines is 1. The number of ether oxygens (including phenoxy) is 1. The molecule has 0 aliphatic carbocycles. The number of hydrogen-bond donors (Lipinski definition) is 4. The Morgan fingerprint density at radius 1 is 1.58 bits per heavy atom. The molecule has 0 saturated carbocycles. The zero-order chi connectivity index (χ0) is 14.4. The van der Waals surface area contributed by atoms with E-state index in [0.29, 0.717) is 4.57 Å². The summed E-state index contributed by atoms with van der Waals surface area (Å²) in [6.45, 7) is 0.641. The molecule has 0 amide bonds. The van der Waals surface area contributed by atoms with E-state index in [-0.39, 0.29) is 5.56 Å². The van der Waals surface area contributed by atoms with E-state index in [9.17, 15) is 24.2 Å². The third-order valence-corrected chi connectivity index (χ3v) is 3.00. The zero-order valence-electron chi connectivity index (χ0n) is 9.91. The molecule has 1 aliphatic heterocycles. The van der Waals surface area contributed by atoms with Crippen molar-refractivity contribution >= 4 is 0 Å². The Morgan fingerprint density at radius 2 is 2.21 bits per heavy atom. The second-order valence-corrected chi connectivity index (χ2v) is 4.36. The van der Waals surface area contributed by atoms with Crippen LogP contribution in [0.1, 0.15) is 11.8 Å². The third-order valence-electron chi connectivity index (χ3n) is 3.00. The molecule has 0 radical (unpaired) electrons. The van der Waals surface area contributed by atoms with E-state index >= 15 is 0 Å². The van der Waals surface area contributed by atoms with Gasteiger partial charge in [-0.25, -0.2) is 9.18 Å². The van der Waals surface area contributed by atoms with Crippen LogP contribution in [-0.2, 0) is 4.74 Å². The van der Waals surface area contributed by atoms with Crippen LogP contribution in [0.2, 0.25) is 0 Å². The van der Waals surface area contributed by atoms with Gasteiger partial charge in [0.15, 0.2) is 6.23 Å². The van der Waals surface area contributed by atoms with Gasteiger partial charge in [0, 0.05) is 11.8 Å². The number of aliphatic hydroxyl groups excluding tert-OH is 2. The third kappa shape index (κ3) is 2.10. The molecule has 4 N–H and O–H groups in total. The van der Waals surface area contributed by atoms with E-state index in [4.69, 9.17) is 9.84 Å². The van der Waals surface area contributed by atoms with Crippen LogP contribution in [0.25, 0.3) is 0 Å². The largest absolute Gasteiger partial charge is 0.394 e. The molecule has 1 aromatic rings. The number of halogens is 1. The van der Waals surface area contributed by atoms with Crippen molar-refractivity contribution in [2.75, 3.05) is 6.61 Å². The lowest BCUT2D eigenvalue weighted by Gasteiger charge is -2.23. The van der Waals surface area contributed by atoms with Gasteiger partial charge in [0.25, 0.3) is 11.4 Å². The molecule has 1 fully saturated rings. The SMILES string of the molecule is Cc1cn([C@H]2O[C@H](CO)[C@@H](O)[C@@]2(O)F)c(=O)[nH]c1=O. The molecule has 19 heavy (non-hydrogen) atoms. The smallest absolute Gasteiger partial charge is 0.330 e. The van der Waals surface area contributed by atoms with E-state index in [1.165, 1.54) is 6.92 Å². The van der Waals surface area contributed by atoms with Crippen LogP contribution in [-0.4, -0.2) is 49.5 Å². The normalized spacial score (nSPS) is 34.7. The molecule has 2 rings (SSSR count). The Labute approximate surface area is 105 Å². The van der Waals surface area contributed by atoms with Crippen LogP contribution in [0, 0.1) is 6.92 Å². The molecule has 8 nitrogen and oxygen atoms in total. The van der Waals surface area contributed by atoms with Crippen molar-refractivity contribution in [2.45, 2.75) is 31.2 Å². The molecule has 106 valence electrons. The van der Waals surface area contributed by atoms with Crippen LogP contribution in [0.15, 0.2) is 15.8 Å². The standard InChI is InChI=1S/C10H13FN2O6/c1-4-2-13(9(17)12-7(4)16)8-10(11,18)6(15)5(3-14)19-8/h2,5-6,8,14-15,18H,3H2,1H3,(H,12,16,17)/t5-,6-,8+,10+/m1/s1. The van der Waals surface area contributed by atoms with Gasteiger partial charge in [0.05, 0.1) is 6.61 Å². The van der Waals surface area contributed by atoms with Crippen LogP contribution in [0.3, 0.4) is 0 Å². The van der Waals surface area contributed by atoms with Gasteiger partial charge >= 0.3 is 5.69 Å². The van der Waals surface area contributed by atoms with Crippen LogP contribution in [0.5, 0.6) is 0 Å². The van der Waals surface area contributed by atoms with E-state index in [0.717, 1.165) is 6.20 Å². The number of rotatable bonds is 2. The summed E-state index contributed by atoms with van der Waals surface area (Å²) < 4.78 is 19.6. The summed E-state index contributed by atoms with van der Waals surface area (Å²) in [5, 5.41) is 27.9. The summed E-state index contributed by atoms with van der Waals surface area (Å²) in [6.07, 6.45) is -4.24. The van der Waals surface area contributed by atoms with E-state index < -0.39 is 42.1 Å². The highest BCUT2D eigenvalue weighted by atomic mass is 19.2. The highest BCUT2D eigenvalue weighted by Crippen LogP contribution is 2.38. The molecule has 0 bridgehead atoms. The number of aliphatic hydroxyl groups is 3. The predicted molar refractivity (Wildman–Crippen MR) is 59.1 cm³/mol. The van der Waals surface area contributed by atoms with E-state index in [1.54, 1.807) is 0 Å². The van der Waals surface area contributed by atoms with Crippen molar-refractivity contribution in [3.05, 3.63) is 32.6 Å². The topological polar surface area (TPSA) is 125 Å². The first-order valence-corrected chi connectivity index (χ1v) is 5.46. The second-order valence-electron chi connectivity index (χ2n) is 4.36. The minimum atomic E-state index is -3.26. The molecular formula is C10H13FN2O6. The molecule has 2 heterocycles. The number of hydrogen-bond acceptors (Lipinski definition) is 6. The maximum Gasteiger partial charge on any atom is 0.330 e. The second kappa shape index (κ2) is 4.53. The van der Waals surface area contributed by atoms with Gasteiger partial charge in [-0.1, -0.05) is 0 Å². The first kappa shape index (κ1) is 13.9. The molecule has 1 saturated heterocycles. The minimum absolute atomic E-state index is 0.0981. The lowest BCUT2D eigenvalue weighted by molar-refractivity contribution is -0.197. The molecule has 9 heteroatoms. The highest BCUT2D eigenvalue weighted by Gasteiger charge is 2.57. The maximum atomic E-state index is 14.0. The van der Waals surface area contributed by atoms with Crippen LogP contribution >= 0.6 is 0 Å². The lowest BCUT2D eigenvalue weighted by atomic mass is 10.1. The Bertz CT molecular complexity index is 594. The van der Waals surface area contributed by atoms with Crippen molar-refractivity contribution in [1.29, 1.82) is 0 Å². The number of nitrogens with zero attached hydrogens (tertiary/aromatic N) is 1. The average molecular weight is 276 g/mol. The predicted octanol–water partition coefficient (Wildman–Crippen LogP) is -2.25. The van der Waals surface area contributed by atoms with Crippen molar-refractivity contribution in [2.24, 2.45) is 0 Å². The van der Waals surface area contributed by atoms with Crippen LogP contribution < -0.4 is 11.2 Å². The summed E-state index contributed by atoms with van der Waals surface area (Å²) in [4.78, 5) is 24.7. The Balaban J connectivity index is 2.51. The average Bonchev–Trinajstić information content (AvgIpc) is 2.56. The van der Waals surface area contributed by atoms with Gasteiger partial charge in [-0.05, 0) is 6.92 Å². The maximum absolute atomic E-state index is 14.0. The monoisotopic (exact) mass is 276 g/mol. The summed E-state index contributed by atoms with van der Waals surface area (Å²) in [7, 11) is 0. The minimum Gasteiger partial charge on any atom is -0.394 e. The van der Waals surface area contributed by atoms with Gasteiger partial charge in [-0.2, -0.15) is 0 Å². The van der Waals surface area contributed by atoms with Gasteiger partial charge in [0.2, 0.25) is 0 Å². The first-order chi connectivity index (χ1) is 8.78. The number of aryl methyl sites for hydroxylation is 1. The Hall–Kier alpha value is -1.55. The molecule has 0 aromatic carbocycles. The number of aromatic nitrogens is 2. The quantitative estimate of drug-likeness (QED) is 0.484. The van der Waals surface area contributed by atoms with Gasteiger partial charge in [-0.15, -0.1) is 0 Å². The van der Waals surface area contributed by atoms with Gasteiger partial charge < -0.3 is 20.1 Å². The van der Waals surface area contributed by atoms with Gasteiger partial charge in [0.1, 0.15) is 12.2 Å². The lowest BCUT2D eigenvalue weighted by Crippen LogP contribution is -2.46. The molecule has 0 spiro atoms. The summed E-state index contributed by atoms with van der Waals surface area (Å²) in [6, 6.07) is 0. The fourth-order valence-corrected chi connectivity index (χ4v) is 1.91. The molecule has 4 atom stereocenters. The highest BCUT2D eigenvalue weighted by molar-refractivity contribution is 5.04. The van der Waals surface area contributed by atoms with Crippen molar-refractivity contribution in [3.63, 3.8) is 0 Å². The number of alkyl halides is 1. The summed E-state index contributed by atoms with van der Waals surface area (Å²) in [5.74, 6) is -3.26. The fourth-order valence-electron chi connectivity index (χ4n) is 1.91. The molecule has 1 aliphatic rings. The van der Waals surface area contributed by atoms with E-state index in [2.05, 4.69) is 0 Å². The fraction of sp³-hybridized carbons (Fsp3) is 0.600. The van der Waals surface area contributed by atoms with Crippen molar-refractivity contribution < 1.29 is 24.4 Å². The summed E-state index contributed by atoms with van der Waals surface area (Å²) in [5.41, 5.74) is -1.55.